The molecule has 38 heavy (non-hydrogen) atoms. The maximum absolute atomic E-state index is 12.9. The summed E-state index contributed by atoms with van der Waals surface area (Å²) < 4.78 is 11.7. The summed E-state index contributed by atoms with van der Waals surface area (Å²) in [5, 5.41) is 7.72. The van der Waals surface area contributed by atoms with Gasteiger partial charge in [0.05, 0.1) is 34.6 Å². The maximum atomic E-state index is 12.9. The van der Waals surface area contributed by atoms with E-state index in [1.807, 2.05) is 53.4 Å². The SMILES string of the molecule is COc1ccccc1NC(=O)CCN1C(=S)NC(c2ccccn2)C1c1ccc(-c2ccc(Cl)c(Cl)c2)o1. The molecule has 1 amide bonds. The number of anilines is 1. The van der Waals surface area contributed by atoms with Crippen LogP contribution in [-0.4, -0.2) is 34.6 Å². The van der Waals surface area contributed by atoms with Crippen LogP contribution in [0.25, 0.3) is 11.3 Å². The lowest BCUT2D eigenvalue weighted by Crippen LogP contribution is -2.32. The molecule has 7 nitrogen and oxygen atoms in total. The number of methoxy groups -OCH3 is 1. The molecule has 2 atom stereocenters. The number of rotatable bonds is 8. The molecule has 0 saturated carbocycles. The van der Waals surface area contributed by atoms with Crippen molar-refractivity contribution in [1.29, 1.82) is 0 Å². The predicted molar refractivity (Wildman–Crippen MR) is 153 cm³/mol. The zero-order valence-corrected chi connectivity index (χ0v) is 22.7. The fourth-order valence-corrected chi connectivity index (χ4v) is 5.08. The lowest BCUT2D eigenvalue weighted by Gasteiger charge is -2.26. The number of halogens is 2. The number of ether oxygens (including phenoxy) is 1. The van der Waals surface area contributed by atoms with Gasteiger partial charge in [0.25, 0.3) is 0 Å². The second-order valence-electron chi connectivity index (χ2n) is 8.65. The second kappa shape index (κ2) is 11.4. The lowest BCUT2D eigenvalue weighted by molar-refractivity contribution is -0.116. The second-order valence-corrected chi connectivity index (χ2v) is 9.85. The number of hydrogen-bond donors (Lipinski definition) is 2. The average molecular weight is 567 g/mol. The van der Waals surface area contributed by atoms with Gasteiger partial charge < -0.3 is 24.7 Å². The molecule has 5 rings (SSSR count). The summed E-state index contributed by atoms with van der Waals surface area (Å²) in [6, 6.07) is 21.6. The molecule has 1 aliphatic rings. The Kier molecular flexibility index (Phi) is 7.83. The third-order valence-electron chi connectivity index (χ3n) is 6.28. The average Bonchev–Trinajstić information content (AvgIpc) is 3.54. The first kappa shape index (κ1) is 26.0. The Labute approximate surface area is 235 Å². The van der Waals surface area contributed by atoms with Gasteiger partial charge in [-0.15, -0.1) is 0 Å². The number of para-hydroxylation sites is 2. The summed E-state index contributed by atoms with van der Waals surface area (Å²) in [7, 11) is 1.57. The fraction of sp³-hybridized carbons (Fsp3) is 0.179. The summed E-state index contributed by atoms with van der Waals surface area (Å²) in [5.41, 5.74) is 2.23. The number of amides is 1. The molecule has 2 unspecified atom stereocenters. The number of nitrogens with one attached hydrogen (secondary N) is 2. The van der Waals surface area contributed by atoms with E-state index in [1.54, 1.807) is 37.6 Å². The van der Waals surface area contributed by atoms with Crippen LogP contribution in [-0.2, 0) is 4.79 Å². The van der Waals surface area contributed by atoms with Gasteiger partial charge in [0, 0.05) is 24.7 Å². The van der Waals surface area contributed by atoms with Crippen molar-refractivity contribution in [1.82, 2.24) is 15.2 Å². The number of pyridine rings is 1. The molecule has 0 aliphatic carbocycles. The minimum Gasteiger partial charge on any atom is -0.495 e. The molecule has 10 heteroatoms. The van der Waals surface area contributed by atoms with Gasteiger partial charge in [-0.2, -0.15) is 0 Å². The minimum atomic E-state index is -0.326. The van der Waals surface area contributed by atoms with Crippen LogP contribution in [0.2, 0.25) is 10.0 Å². The van der Waals surface area contributed by atoms with Gasteiger partial charge in [-0.1, -0.05) is 41.4 Å². The Morgan fingerprint density at radius 2 is 1.92 bits per heavy atom. The zero-order chi connectivity index (χ0) is 26.6. The van der Waals surface area contributed by atoms with E-state index < -0.39 is 0 Å². The molecule has 3 heterocycles. The smallest absolute Gasteiger partial charge is 0.226 e. The van der Waals surface area contributed by atoms with Crippen LogP contribution >= 0.6 is 35.4 Å². The number of benzene rings is 2. The number of hydrogen-bond acceptors (Lipinski definition) is 5. The minimum absolute atomic E-state index is 0.159. The van der Waals surface area contributed by atoms with E-state index in [4.69, 9.17) is 44.6 Å². The van der Waals surface area contributed by atoms with Crippen LogP contribution in [0.4, 0.5) is 5.69 Å². The first-order valence-electron chi connectivity index (χ1n) is 11.9. The van der Waals surface area contributed by atoms with Crippen molar-refractivity contribution in [3.05, 3.63) is 100 Å². The summed E-state index contributed by atoms with van der Waals surface area (Å²) >= 11 is 18.0. The van der Waals surface area contributed by atoms with Crippen LogP contribution < -0.4 is 15.4 Å². The standard InChI is InChI=1S/C28H24Cl2N4O3S/c1-36-23-8-3-2-6-20(23)32-25(35)13-15-34-27(26(33-28(34)38)21-7-4-5-14-31-21)24-12-11-22(37-24)17-9-10-18(29)19(30)16-17/h2-12,14,16,26-27H,13,15H2,1H3,(H,32,35)(H,33,38). The quantitative estimate of drug-likeness (QED) is 0.231. The monoisotopic (exact) mass is 566 g/mol. The normalized spacial score (nSPS) is 16.8. The van der Waals surface area contributed by atoms with Crippen molar-refractivity contribution >= 4 is 52.1 Å². The highest BCUT2D eigenvalue weighted by atomic mass is 35.5. The topological polar surface area (TPSA) is 79.6 Å². The number of carbonyl (C=O) groups is 1. The highest BCUT2D eigenvalue weighted by molar-refractivity contribution is 7.80. The molecule has 1 aliphatic heterocycles. The Bertz CT molecular complexity index is 1460. The van der Waals surface area contributed by atoms with E-state index in [9.17, 15) is 4.79 Å². The third kappa shape index (κ3) is 5.48. The number of aromatic nitrogens is 1. The molecule has 2 N–H and O–H groups in total. The molecule has 0 bridgehead atoms. The Balaban J connectivity index is 1.40. The van der Waals surface area contributed by atoms with Crippen LogP contribution in [0.15, 0.2) is 83.4 Å². The lowest BCUT2D eigenvalue weighted by atomic mass is 10.0. The van der Waals surface area contributed by atoms with Gasteiger partial charge in [-0.05, 0) is 66.8 Å². The van der Waals surface area contributed by atoms with Crippen molar-refractivity contribution in [3.63, 3.8) is 0 Å². The van der Waals surface area contributed by atoms with Gasteiger partial charge in [0.2, 0.25) is 5.91 Å². The van der Waals surface area contributed by atoms with E-state index in [-0.39, 0.29) is 24.4 Å². The first-order chi connectivity index (χ1) is 18.4. The molecular formula is C28H24Cl2N4O3S. The van der Waals surface area contributed by atoms with Crippen LogP contribution in [0.3, 0.4) is 0 Å². The van der Waals surface area contributed by atoms with E-state index in [0.717, 1.165) is 11.3 Å². The predicted octanol–water partition coefficient (Wildman–Crippen LogP) is 6.66. The summed E-state index contributed by atoms with van der Waals surface area (Å²) in [4.78, 5) is 19.4. The highest BCUT2D eigenvalue weighted by Crippen LogP contribution is 2.41. The van der Waals surface area contributed by atoms with Gasteiger partial charge in [0.1, 0.15) is 23.3 Å². The first-order valence-corrected chi connectivity index (χ1v) is 13.1. The summed E-state index contributed by atoms with van der Waals surface area (Å²) in [5.74, 6) is 1.76. The van der Waals surface area contributed by atoms with Crippen molar-refractivity contribution < 1.29 is 13.9 Å². The largest absolute Gasteiger partial charge is 0.495 e. The zero-order valence-electron chi connectivity index (χ0n) is 20.4. The van der Waals surface area contributed by atoms with Gasteiger partial charge >= 0.3 is 0 Å². The highest BCUT2D eigenvalue weighted by Gasteiger charge is 2.41. The summed E-state index contributed by atoms with van der Waals surface area (Å²) in [6.45, 7) is 0.365. The molecule has 0 spiro atoms. The third-order valence-corrected chi connectivity index (χ3v) is 7.37. The Hall–Kier alpha value is -3.59. The molecule has 194 valence electrons. The Morgan fingerprint density at radius 3 is 2.68 bits per heavy atom. The summed E-state index contributed by atoms with van der Waals surface area (Å²) in [6.07, 6.45) is 1.94. The number of furan rings is 1. The number of carbonyl (C=O) groups excluding carboxylic acids is 1. The Morgan fingerprint density at radius 1 is 1.11 bits per heavy atom. The molecule has 4 aromatic rings. The van der Waals surface area contributed by atoms with Gasteiger partial charge in [0.15, 0.2) is 5.11 Å². The van der Waals surface area contributed by atoms with Crippen molar-refractivity contribution in [2.45, 2.75) is 18.5 Å². The number of thiocarbonyl (C=S) groups is 1. The van der Waals surface area contributed by atoms with Crippen LogP contribution in [0, 0.1) is 0 Å². The van der Waals surface area contributed by atoms with Crippen molar-refractivity contribution in [2.24, 2.45) is 0 Å². The molecule has 0 radical (unpaired) electrons. The van der Waals surface area contributed by atoms with E-state index >= 15 is 0 Å². The van der Waals surface area contributed by atoms with Gasteiger partial charge in [-0.25, -0.2) is 0 Å². The molecule has 1 fully saturated rings. The van der Waals surface area contributed by atoms with Crippen molar-refractivity contribution in [3.8, 4) is 17.1 Å². The maximum Gasteiger partial charge on any atom is 0.226 e. The van der Waals surface area contributed by atoms with E-state index in [2.05, 4.69) is 15.6 Å². The molecular weight excluding hydrogens is 543 g/mol. The molecule has 2 aromatic carbocycles. The van der Waals surface area contributed by atoms with E-state index in [1.165, 1.54) is 0 Å². The molecule has 1 saturated heterocycles. The van der Waals surface area contributed by atoms with Gasteiger partial charge in [-0.3, -0.25) is 9.78 Å². The number of nitrogens with zero attached hydrogens (tertiary/aromatic N) is 2. The van der Waals surface area contributed by atoms with E-state index in [0.29, 0.717) is 44.7 Å². The van der Waals surface area contributed by atoms with Crippen molar-refractivity contribution in [2.75, 3.05) is 19.0 Å². The fourth-order valence-electron chi connectivity index (χ4n) is 4.45. The van der Waals surface area contributed by atoms with Crippen LogP contribution in [0.1, 0.15) is 30.0 Å². The molecule has 2 aromatic heterocycles. The van der Waals surface area contributed by atoms with Crippen LogP contribution in [0.5, 0.6) is 5.75 Å².